The standard InChI is InChI=1S/C16H16ClFN2O/c1-10-3-4-13(18)7-12(10)9-19-14-5-6-16(15(17)8-14)20-11(2)21/h3-8,19H,9H2,1-2H3,(H,20,21). The molecule has 0 aliphatic rings. The van der Waals surface area contributed by atoms with Gasteiger partial charge >= 0.3 is 0 Å². The molecular weight excluding hydrogens is 291 g/mol. The van der Waals surface area contributed by atoms with E-state index in [0.717, 1.165) is 16.8 Å². The van der Waals surface area contributed by atoms with Crippen molar-refractivity contribution in [3.05, 3.63) is 58.4 Å². The molecule has 2 aromatic carbocycles. The number of rotatable bonds is 4. The fourth-order valence-electron chi connectivity index (χ4n) is 1.94. The van der Waals surface area contributed by atoms with Gasteiger partial charge in [0, 0.05) is 19.2 Å². The van der Waals surface area contributed by atoms with Crippen molar-refractivity contribution in [2.75, 3.05) is 10.6 Å². The van der Waals surface area contributed by atoms with Gasteiger partial charge in [0.2, 0.25) is 5.91 Å². The lowest BCUT2D eigenvalue weighted by atomic mass is 10.1. The molecule has 0 fully saturated rings. The van der Waals surface area contributed by atoms with Crippen LogP contribution in [0.15, 0.2) is 36.4 Å². The van der Waals surface area contributed by atoms with Gasteiger partial charge in [0.05, 0.1) is 10.7 Å². The zero-order valence-electron chi connectivity index (χ0n) is 11.8. The maximum atomic E-state index is 13.2. The normalized spacial score (nSPS) is 10.3. The van der Waals surface area contributed by atoms with Gasteiger partial charge < -0.3 is 10.6 Å². The van der Waals surface area contributed by atoms with Crippen LogP contribution in [0, 0.1) is 12.7 Å². The number of halogens is 2. The molecule has 0 unspecified atom stereocenters. The van der Waals surface area contributed by atoms with Crippen LogP contribution < -0.4 is 10.6 Å². The second kappa shape index (κ2) is 6.59. The summed E-state index contributed by atoms with van der Waals surface area (Å²) < 4.78 is 13.2. The molecule has 0 aliphatic heterocycles. The molecule has 0 saturated heterocycles. The van der Waals surface area contributed by atoms with Crippen LogP contribution in [0.3, 0.4) is 0 Å². The molecule has 2 N–H and O–H groups in total. The highest BCUT2D eigenvalue weighted by Crippen LogP contribution is 2.26. The van der Waals surface area contributed by atoms with E-state index in [2.05, 4.69) is 10.6 Å². The molecule has 3 nitrogen and oxygen atoms in total. The summed E-state index contributed by atoms with van der Waals surface area (Å²) in [5.74, 6) is -0.426. The third kappa shape index (κ3) is 4.20. The van der Waals surface area contributed by atoms with Crippen molar-refractivity contribution in [2.24, 2.45) is 0 Å². The van der Waals surface area contributed by atoms with Crippen molar-refractivity contribution in [1.82, 2.24) is 0 Å². The fourth-order valence-corrected chi connectivity index (χ4v) is 2.17. The third-order valence-electron chi connectivity index (χ3n) is 3.07. The van der Waals surface area contributed by atoms with Crippen LogP contribution in [-0.4, -0.2) is 5.91 Å². The van der Waals surface area contributed by atoms with E-state index in [4.69, 9.17) is 11.6 Å². The van der Waals surface area contributed by atoms with Crippen LogP contribution >= 0.6 is 11.6 Å². The van der Waals surface area contributed by atoms with Gasteiger partial charge in [-0.25, -0.2) is 4.39 Å². The third-order valence-corrected chi connectivity index (χ3v) is 3.39. The number of carbonyl (C=O) groups is 1. The van der Waals surface area contributed by atoms with Crippen LogP contribution in [-0.2, 0) is 11.3 Å². The van der Waals surface area contributed by atoms with Gasteiger partial charge in [0.25, 0.3) is 0 Å². The number of benzene rings is 2. The van der Waals surface area contributed by atoms with E-state index in [1.165, 1.54) is 19.1 Å². The number of aryl methyl sites for hydroxylation is 1. The lowest BCUT2D eigenvalue weighted by Gasteiger charge is -2.11. The summed E-state index contributed by atoms with van der Waals surface area (Å²) in [7, 11) is 0. The van der Waals surface area contributed by atoms with Gasteiger partial charge in [-0.05, 0) is 48.4 Å². The lowest BCUT2D eigenvalue weighted by molar-refractivity contribution is -0.114. The highest BCUT2D eigenvalue weighted by molar-refractivity contribution is 6.34. The van der Waals surface area contributed by atoms with Crippen molar-refractivity contribution in [2.45, 2.75) is 20.4 Å². The van der Waals surface area contributed by atoms with Gasteiger partial charge in [0.15, 0.2) is 0 Å². The van der Waals surface area contributed by atoms with Crippen molar-refractivity contribution >= 4 is 28.9 Å². The van der Waals surface area contributed by atoms with Crippen LogP contribution in [0.25, 0.3) is 0 Å². The van der Waals surface area contributed by atoms with Gasteiger partial charge in [-0.15, -0.1) is 0 Å². The molecule has 0 atom stereocenters. The summed E-state index contributed by atoms with van der Waals surface area (Å²) in [6, 6.07) is 9.96. The van der Waals surface area contributed by atoms with Crippen molar-refractivity contribution in [1.29, 1.82) is 0 Å². The topological polar surface area (TPSA) is 41.1 Å². The Hall–Kier alpha value is -2.07. The summed E-state index contributed by atoms with van der Waals surface area (Å²) in [5, 5.41) is 6.28. The van der Waals surface area contributed by atoms with Crippen molar-refractivity contribution in [3.8, 4) is 0 Å². The predicted octanol–water partition coefficient (Wildman–Crippen LogP) is 4.36. The second-order valence-corrected chi connectivity index (χ2v) is 5.21. The first-order valence-electron chi connectivity index (χ1n) is 6.52. The number of amides is 1. The zero-order chi connectivity index (χ0) is 15.4. The average molecular weight is 307 g/mol. The van der Waals surface area contributed by atoms with Crippen molar-refractivity contribution in [3.63, 3.8) is 0 Å². The van der Waals surface area contributed by atoms with Crippen LogP contribution in [0.2, 0.25) is 5.02 Å². The summed E-state index contributed by atoms with van der Waals surface area (Å²) >= 11 is 6.10. The largest absolute Gasteiger partial charge is 0.381 e. The predicted molar refractivity (Wildman–Crippen MR) is 84.2 cm³/mol. The average Bonchev–Trinajstić information content (AvgIpc) is 2.42. The molecule has 0 aromatic heterocycles. The number of hydrogen-bond acceptors (Lipinski definition) is 2. The maximum Gasteiger partial charge on any atom is 0.221 e. The molecule has 2 rings (SSSR count). The van der Waals surface area contributed by atoms with Gasteiger partial charge in [-0.3, -0.25) is 4.79 Å². The van der Waals surface area contributed by atoms with E-state index in [1.54, 1.807) is 18.2 Å². The zero-order valence-corrected chi connectivity index (χ0v) is 12.6. The van der Waals surface area contributed by atoms with E-state index in [9.17, 15) is 9.18 Å². The van der Waals surface area contributed by atoms with Gasteiger partial charge in [-0.1, -0.05) is 17.7 Å². The monoisotopic (exact) mass is 306 g/mol. The van der Waals surface area contributed by atoms with E-state index in [1.807, 2.05) is 13.0 Å². The number of nitrogens with one attached hydrogen (secondary N) is 2. The summed E-state index contributed by atoms with van der Waals surface area (Å²) in [4.78, 5) is 11.0. The highest BCUT2D eigenvalue weighted by Gasteiger charge is 2.05. The Morgan fingerprint density at radius 2 is 2.00 bits per heavy atom. The molecule has 2 aromatic rings. The summed E-state index contributed by atoms with van der Waals surface area (Å²) in [6.07, 6.45) is 0. The van der Waals surface area contributed by atoms with E-state index in [0.29, 0.717) is 17.3 Å². The molecule has 5 heteroatoms. The molecule has 0 saturated carbocycles. The maximum absolute atomic E-state index is 13.2. The molecule has 0 radical (unpaired) electrons. The molecule has 110 valence electrons. The molecule has 0 spiro atoms. The molecule has 0 aliphatic carbocycles. The SMILES string of the molecule is CC(=O)Nc1ccc(NCc2cc(F)ccc2C)cc1Cl. The smallest absolute Gasteiger partial charge is 0.221 e. The van der Waals surface area contributed by atoms with E-state index < -0.39 is 0 Å². The van der Waals surface area contributed by atoms with E-state index in [-0.39, 0.29) is 11.7 Å². The molecule has 0 heterocycles. The first kappa shape index (κ1) is 15.3. The summed E-state index contributed by atoms with van der Waals surface area (Å²) in [6.45, 7) is 3.86. The second-order valence-electron chi connectivity index (χ2n) is 4.80. The minimum atomic E-state index is -0.253. The van der Waals surface area contributed by atoms with Crippen LogP contribution in [0.5, 0.6) is 0 Å². The highest BCUT2D eigenvalue weighted by atomic mass is 35.5. The molecule has 0 bridgehead atoms. The minimum absolute atomic E-state index is 0.173. The first-order valence-corrected chi connectivity index (χ1v) is 6.89. The minimum Gasteiger partial charge on any atom is -0.381 e. The molecular formula is C16H16ClFN2O. The fraction of sp³-hybridized carbons (Fsp3) is 0.188. The first-order chi connectivity index (χ1) is 9.95. The Morgan fingerprint density at radius 3 is 2.67 bits per heavy atom. The Morgan fingerprint density at radius 1 is 1.24 bits per heavy atom. The molecule has 21 heavy (non-hydrogen) atoms. The Bertz CT molecular complexity index is 673. The Kier molecular flexibility index (Phi) is 4.81. The quantitative estimate of drug-likeness (QED) is 0.881. The molecule has 1 amide bonds. The Labute approximate surface area is 128 Å². The Balaban J connectivity index is 2.08. The van der Waals surface area contributed by atoms with Gasteiger partial charge in [-0.2, -0.15) is 0 Å². The van der Waals surface area contributed by atoms with Gasteiger partial charge in [0.1, 0.15) is 5.82 Å². The van der Waals surface area contributed by atoms with Crippen LogP contribution in [0.4, 0.5) is 15.8 Å². The van der Waals surface area contributed by atoms with Crippen LogP contribution in [0.1, 0.15) is 18.1 Å². The lowest BCUT2D eigenvalue weighted by Crippen LogP contribution is -2.07. The van der Waals surface area contributed by atoms with E-state index >= 15 is 0 Å². The number of hydrogen-bond donors (Lipinski definition) is 2. The summed E-state index contributed by atoms with van der Waals surface area (Å²) in [5.41, 5.74) is 3.27. The number of carbonyl (C=O) groups excluding carboxylic acids is 1. The van der Waals surface area contributed by atoms with Crippen molar-refractivity contribution < 1.29 is 9.18 Å². The number of anilines is 2.